The van der Waals surface area contributed by atoms with Crippen LogP contribution in [0.1, 0.15) is 23.7 Å². The lowest BCUT2D eigenvalue weighted by molar-refractivity contribution is 0.0769. The third-order valence-corrected chi connectivity index (χ3v) is 2.65. The summed E-state index contributed by atoms with van der Waals surface area (Å²) >= 11 is 0. The first-order chi connectivity index (χ1) is 9.04. The lowest BCUT2D eigenvalue weighted by Crippen LogP contribution is -2.29. The van der Waals surface area contributed by atoms with E-state index in [2.05, 4.69) is 5.92 Å². The van der Waals surface area contributed by atoms with E-state index in [1.54, 1.807) is 43.1 Å². The van der Waals surface area contributed by atoms with E-state index in [9.17, 15) is 9.90 Å². The summed E-state index contributed by atoms with van der Waals surface area (Å²) in [5, 5.41) is 9.20. The fourth-order valence-corrected chi connectivity index (χ4v) is 1.52. The molecule has 1 N–H and O–H groups in total. The van der Waals surface area contributed by atoms with Gasteiger partial charge in [-0.05, 0) is 37.6 Å². The summed E-state index contributed by atoms with van der Waals surface area (Å²) in [5.41, 5.74) is 0.584. The third-order valence-electron chi connectivity index (χ3n) is 2.65. The van der Waals surface area contributed by atoms with Gasteiger partial charge in [-0.2, -0.15) is 0 Å². The second-order valence-corrected chi connectivity index (χ2v) is 4.38. The molecule has 1 atom stereocenters. The van der Waals surface area contributed by atoms with Crippen LogP contribution in [0.25, 0.3) is 0 Å². The molecule has 1 aromatic rings. The second-order valence-electron chi connectivity index (χ2n) is 4.38. The topological polar surface area (TPSA) is 49.8 Å². The Morgan fingerprint density at radius 1 is 1.47 bits per heavy atom. The molecule has 0 aliphatic carbocycles. The zero-order chi connectivity index (χ0) is 14.3. The van der Waals surface area contributed by atoms with Gasteiger partial charge in [0.1, 0.15) is 12.4 Å². The minimum absolute atomic E-state index is 0.0795. The Balaban J connectivity index is 2.59. The summed E-state index contributed by atoms with van der Waals surface area (Å²) in [7, 11) is 1.72. The number of terminal acetylenes is 1. The van der Waals surface area contributed by atoms with Crippen LogP contribution in [0.15, 0.2) is 24.3 Å². The van der Waals surface area contributed by atoms with Crippen LogP contribution in [-0.2, 0) is 0 Å². The summed E-state index contributed by atoms with van der Waals surface area (Å²) in [6.45, 7) is 2.43. The number of benzene rings is 1. The van der Waals surface area contributed by atoms with Crippen molar-refractivity contribution in [3.8, 4) is 18.1 Å². The van der Waals surface area contributed by atoms with Crippen LogP contribution in [0.3, 0.4) is 0 Å². The molecule has 0 radical (unpaired) electrons. The predicted molar refractivity (Wildman–Crippen MR) is 74.0 cm³/mol. The summed E-state index contributed by atoms with van der Waals surface area (Å²) in [6, 6.07) is 6.83. The van der Waals surface area contributed by atoms with Gasteiger partial charge in [0.2, 0.25) is 0 Å². The van der Waals surface area contributed by atoms with Crippen molar-refractivity contribution in [1.29, 1.82) is 0 Å². The molecule has 0 spiro atoms. The van der Waals surface area contributed by atoms with Crippen LogP contribution in [0.4, 0.5) is 0 Å². The molecule has 1 unspecified atom stereocenters. The molecule has 0 bridgehead atoms. The van der Waals surface area contributed by atoms with Gasteiger partial charge in [0.05, 0.1) is 6.10 Å². The Bertz CT molecular complexity index is 445. The number of carbonyl (C=O) groups is 1. The number of nitrogens with zero attached hydrogens (tertiary/aromatic N) is 1. The second kappa shape index (κ2) is 7.45. The van der Waals surface area contributed by atoms with Crippen molar-refractivity contribution in [2.75, 3.05) is 20.2 Å². The van der Waals surface area contributed by atoms with Gasteiger partial charge in [-0.15, -0.1) is 6.42 Å². The van der Waals surface area contributed by atoms with Gasteiger partial charge in [0.25, 0.3) is 5.91 Å². The van der Waals surface area contributed by atoms with Crippen molar-refractivity contribution in [3.63, 3.8) is 0 Å². The average Bonchev–Trinajstić information content (AvgIpc) is 2.42. The van der Waals surface area contributed by atoms with Gasteiger partial charge in [-0.25, -0.2) is 0 Å². The Morgan fingerprint density at radius 2 is 2.11 bits per heavy atom. The molecular weight excluding hydrogens is 242 g/mol. The van der Waals surface area contributed by atoms with Gasteiger partial charge in [0, 0.05) is 19.2 Å². The van der Waals surface area contributed by atoms with Crippen LogP contribution < -0.4 is 4.74 Å². The molecule has 19 heavy (non-hydrogen) atoms. The molecule has 0 saturated carbocycles. The summed E-state index contributed by atoms with van der Waals surface area (Å²) in [5.74, 6) is 2.94. The Morgan fingerprint density at radius 3 is 2.63 bits per heavy atom. The Kier molecular flexibility index (Phi) is 5.91. The maximum absolute atomic E-state index is 12.1. The van der Waals surface area contributed by atoms with Crippen LogP contribution in [0.5, 0.6) is 5.75 Å². The van der Waals surface area contributed by atoms with Gasteiger partial charge in [0.15, 0.2) is 0 Å². The molecule has 4 heteroatoms. The zero-order valence-electron chi connectivity index (χ0n) is 11.3. The normalized spacial score (nSPS) is 11.5. The highest BCUT2D eigenvalue weighted by Gasteiger charge is 2.12. The maximum atomic E-state index is 12.1. The quantitative estimate of drug-likeness (QED) is 0.790. The number of aliphatic hydroxyl groups excluding tert-OH is 1. The SMILES string of the molecule is C#CCOc1ccc(C(=O)N(C)CCC(C)O)cc1. The van der Waals surface area contributed by atoms with Gasteiger partial charge < -0.3 is 14.7 Å². The van der Waals surface area contributed by atoms with Crippen LogP contribution in [0, 0.1) is 12.3 Å². The molecule has 0 heterocycles. The molecule has 0 saturated heterocycles. The number of aliphatic hydroxyl groups is 1. The maximum Gasteiger partial charge on any atom is 0.253 e. The third kappa shape index (κ3) is 5.02. The highest BCUT2D eigenvalue weighted by molar-refractivity contribution is 5.94. The molecule has 1 rings (SSSR count). The van der Waals surface area contributed by atoms with Gasteiger partial charge in [-0.3, -0.25) is 4.79 Å². The van der Waals surface area contributed by atoms with E-state index in [0.717, 1.165) is 0 Å². The minimum atomic E-state index is -0.408. The predicted octanol–water partition coefficient (Wildman–Crippen LogP) is 1.54. The fraction of sp³-hybridized carbons (Fsp3) is 0.400. The molecule has 0 aliphatic rings. The van der Waals surface area contributed by atoms with Crippen LogP contribution in [-0.4, -0.2) is 42.2 Å². The van der Waals surface area contributed by atoms with E-state index < -0.39 is 6.10 Å². The van der Waals surface area contributed by atoms with Crippen molar-refractivity contribution in [3.05, 3.63) is 29.8 Å². The molecule has 1 aromatic carbocycles. The number of ether oxygens (including phenoxy) is 1. The van der Waals surface area contributed by atoms with Gasteiger partial charge >= 0.3 is 0 Å². The largest absolute Gasteiger partial charge is 0.481 e. The lowest BCUT2D eigenvalue weighted by atomic mass is 10.2. The number of amides is 1. The van der Waals surface area contributed by atoms with E-state index >= 15 is 0 Å². The Labute approximate surface area is 114 Å². The fourth-order valence-electron chi connectivity index (χ4n) is 1.52. The van der Waals surface area contributed by atoms with Gasteiger partial charge in [-0.1, -0.05) is 5.92 Å². The minimum Gasteiger partial charge on any atom is -0.481 e. The summed E-state index contributed by atoms with van der Waals surface area (Å²) in [6.07, 6.45) is 5.25. The first kappa shape index (κ1) is 15.1. The van der Waals surface area contributed by atoms with E-state index in [0.29, 0.717) is 24.3 Å². The molecule has 0 aromatic heterocycles. The number of hydrogen-bond acceptors (Lipinski definition) is 3. The molecule has 0 fully saturated rings. The molecule has 0 aliphatic heterocycles. The molecule has 4 nitrogen and oxygen atoms in total. The van der Waals surface area contributed by atoms with E-state index in [4.69, 9.17) is 11.2 Å². The van der Waals surface area contributed by atoms with E-state index in [1.165, 1.54) is 0 Å². The van der Waals surface area contributed by atoms with E-state index in [-0.39, 0.29) is 12.5 Å². The van der Waals surface area contributed by atoms with Crippen molar-refractivity contribution in [2.24, 2.45) is 0 Å². The molecular formula is C15H19NO3. The average molecular weight is 261 g/mol. The standard InChI is InChI=1S/C15H19NO3/c1-4-11-19-14-7-5-13(6-8-14)15(18)16(3)10-9-12(2)17/h1,5-8,12,17H,9-11H2,2-3H3. The monoisotopic (exact) mass is 261 g/mol. The van der Waals surface area contributed by atoms with Crippen LogP contribution >= 0.6 is 0 Å². The number of rotatable bonds is 6. The number of hydrogen-bond donors (Lipinski definition) is 1. The number of carbonyl (C=O) groups excluding carboxylic acids is 1. The smallest absolute Gasteiger partial charge is 0.253 e. The lowest BCUT2D eigenvalue weighted by Gasteiger charge is -2.18. The first-order valence-corrected chi connectivity index (χ1v) is 6.14. The highest BCUT2D eigenvalue weighted by atomic mass is 16.5. The molecule has 102 valence electrons. The van der Waals surface area contributed by atoms with Crippen molar-refractivity contribution in [1.82, 2.24) is 4.90 Å². The zero-order valence-corrected chi connectivity index (χ0v) is 11.3. The highest BCUT2D eigenvalue weighted by Crippen LogP contribution is 2.13. The van der Waals surface area contributed by atoms with Crippen molar-refractivity contribution < 1.29 is 14.6 Å². The van der Waals surface area contributed by atoms with E-state index in [1.807, 2.05) is 0 Å². The first-order valence-electron chi connectivity index (χ1n) is 6.14. The Hall–Kier alpha value is -1.99. The van der Waals surface area contributed by atoms with Crippen LogP contribution in [0.2, 0.25) is 0 Å². The summed E-state index contributed by atoms with van der Waals surface area (Å²) in [4.78, 5) is 13.6. The van der Waals surface area contributed by atoms with Crippen molar-refractivity contribution >= 4 is 5.91 Å². The molecule has 1 amide bonds. The summed E-state index contributed by atoms with van der Waals surface area (Å²) < 4.78 is 5.24. The van der Waals surface area contributed by atoms with Crippen molar-refractivity contribution in [2.45, 2.75) is 19.4 Å².